The van der Waals surface area contributed by atoms with Crippen LogP contribution >= 0.6 is 0 Å². The molecule has 1 fully saturated rings. The van der Waals surface area contributed by atoms with Gasteiger partial charge in [-0.1, -0.05) is 0 Å². The fourth-order valence-electron chi connectivity index (χ4n) is 2.19. The number of aliphatic carboxylic acids is 1. The number of nitrogens with zero attached hydrogens (tertiary/aromatic N) is 3. The monoisotopic (exact) mass is 302 g/mol. The third kappa shape index (κ3) is 3.54. The molecule has 2 rings (SSSR count). The molecule has 20 heavy (non-hydrogen) atoms. The second-order valence-electron chi connectivity index (χ2n) is 4.69. The summed E-state index contributed by atoms with van der Waals surface area (Å²) in [5.74, 6) is -1.88. The molecule has 0 bridgehead atoms. The van der Waals surface area contributed by atoms with Crippen LogP contribution in [0.5, 0.6) is 0 Å². The summed E-state index contributed by atoms with van der Waals surface area (Å²) < 4.78 is 23.2. The molecule has 0 aromatic carbocycles. The predicted molar refractivity (Wildman–Crippen MR) is 68.3 cm³/mol. The van der Waals surface area contributed by atoms with Crippen molar-refractivity contribution >= 4 is 27.6 Å². The molecule has 1 aliphatic heterocycles. The number of anilines is 1. The molecule has 0 saturated carbocycles. The van der Waals surface area contributed by atoms with Gasteiger partial charge in [0.25, 0.3) is 0 Å². The standard InChI is InChI=1S/C10H14N4O5S/c11-20(18,19)6-7-1-9(15)14(3-7)8-2-12-13(4-8)5-10(16)17/h2,4,7H,1,3,5-6H2,(H,16,17)(H2,11,18,19). The van der Waals surface area contributed by atoms with Crippen molar-refractivity contribution in [1.29, 1.82) is 0 Å². The normalized spacial score (nSPS) is 19.6. The first-order valence-electron chi connectivity index (χ1n) is 5.79. The van der Waals surface area contributed by atoms with Gasteiger partial charge in [0.1, 0.15) is 6.54 Å². The van der Waals surface area contributed by atoms with Crippen LogP contribution in [0, 0.1) is 5.92 Å². The van der Waals surface area contributed by atoms with Gasteiger partial charge in [0, 0.05) is 25.1 Å². The summed E-state index contributed by atoms with van der Waals surface area (Å²) in [6.07, 6.45) is 2.91. The van der Waals surface area contributed by atoms with Gasteiger partial charge in [-0.05, 0) is 0 Å². The molecule has 1 saturated heterocycles. The fourth-order valence-corrected chi connectivity index (χ4v) is 3.07. The molecule has 10 heteroatoms. The molecule has 1 amide bonds. The fraction of sp³-hybridized carbons (Fsp3) is 0.500. The van der Waals surface area contributed by atoms with Crippen molar-refractivity contribution in [3.63, 3.8) is 0 Å². The number of sulfonamides is 1. The van der Waals surface area contributed by atoms with Crippen molar-refractivity contribution in [3.05, 3.63) is 12.4 Å². The van der Waals surface area contributed by atoms with E-state index in [9.17, 15) is 18.0 Å². The molecule has 9 nitrogen and oxygen atoms in total. The lowest BCUT2D eigenvalue weighted by Crippen LogP contribution is -2.27. The summed E-state index contributed by atoms with van der Waals surface area (Å²) >= 11 is 0. The summed E-state index contributed by atoms with van der Waals surface area (Å²) in [6.45, 7) is -0.0728. The Morgan fingerprint density at radius 3 is 2.85 bits per heavy atom. The topological polar surface area (TPSA) is 136 Å². The first kappa shape index (κ1) is 14.5. The molecule has 1 aromatic heterocycles. The summed E-state index contributed by atoms with van der Waals surface area (Å²) in [5.41, 5.74) is 0.452. The maximum atomic E-state index is 11.8. The highest BCUT2D eigenvalue weighted by molar-refractivity contribution is 7.89. The maximum absolute atomic E-state index is 11.8. The van der Waals surface area contributed by atoms with Gasteiger partial charge in [0.2, 0.25) is 15.9 Å². The number of nitrogens with two attached hydrogens (primary N) is 1. The smallest absolute Gasteiger partial charge is 0.325 e. The highest BCUT2D eigenvalue weighted by atomic mass is 32.2. The molecule has 1 aliphatic rings. The maximum Gasteiger partial charge on any atom is 0.325 e. The molecule has 3 N–H and O–H groups in total. The third-order valence-corrected chi connectivity index (χ3v) is 3.84. The van der Waals surface area contributed by atoms with Gasteiger partial charge in [-0.3, -0.25) is 14.3 Å². The van der Waals surface area contributed by atoms with Crippen molar-refractivity contribution in [2.45, 2.75) is 13.0 Å². The van der Waals surface area contributed by atoms with Crippen LogP contribution in [0.3, 0.4) is 0 Å². The number of aromatic nitrogens is 2. The first-order chi connectivity index (χ1) is 9.24. The van der Waals surface area contributed by atoms with Crippen LogP contribution in [0.4, 0.5) is 5.69 Å². The Kier molecular flexibility index (Phi) is 3.77. The Morgan fingerprint density at radius 2 is 2.25 bits per heavy atom. The second kappa shape index (κ2) is 5.21. The Labute approximate surface area is 115 Å². The molecule has 1 aromatic rings. The second-order valence-corrected chi connectivity index (χ2v) is 6.35. The van der Waals surface area contributed by atoms with Crippen molar-refractivity contribution in [2.24, 2.45) is 11.1 Å². The van der Waals surface area contributed by atoms with Crippen molar-refractivity contribution in [3.8, 4) is 0 Å². The van der Waals surface area contributed by atoms with Gasteiger partial charge in [-0.15, -0.1) is 0 Å². The number of rotatable bonds is 5. The number of hydrogen-bond acceptors (Lipinski definition) is 5. The van der Waals surface area contributed by atoms with Crippen LogP contribution in [0.1, 0.15) is 6.42 Å². The summed E-state index contributed by atoms with van der Waals surface area (Å²) in [6, 6.07) is 0. The zero-order valence-corrected chi connectivity index (χ0v) is 11.3. The third-order valence-electron chi connectivity index (χ3n) is 2.90. The Balaban J connectivity index is 2.08. The van der Waals surface area contributed by atoms with E-state index in [1.807, 2.05) is 0 Å². The summed E-state index contributed by atoms with van der Waals surface area (Å²) in [7, 11) is -3.62. The van der Waals surface area contributed by atoms with Crippen LogP contribution in [-0.2, 0) is 26.2 Å². The summed E-state index contributed by atoms with van der Waals surface area (Å²) in [4.78, 5) is 23.8. The largest absolute Gasteiger partial charge is 0.480 e. The van der Waals surface area contributed by atoms with Gasteiger partial charge in [-0.25, -0.2) is 13.6 Å². The Morgan fingerprint density at radius 1 is 1.55 bits per heavy atom. The molecular weight excluding hydrogens is 288 g/mol. The van der Waals surface area contributed by atoms with E-state index in [1.165, 1.54) is 22.0 Å². The molecule has 1 atom stereocenters. The van der Waals surface area contributed by atoms with Crippen LogP contribution in [0.2, 0.25) is 0 Å². The Hall–Kier alpha value is -1.94. The SMILES string of the molecule is NS(=O)(=O)CC1CC(=O)N(c2cnn(CC(=O)O)c2)C1. The van der Waals surface area contributed by atoms with Crippen molar-refractivity contribution in [2.75, 3.05) is 17.2 Å². The van der Waals surface area contributed by atoms with Crippen LogP contribution in [0.25, 0.3) is 0 Å². The minimum Gasteiger partial charge on any atom is -0.480 e. The van der Waals surface area contributed by atoms with E-state index in [-0.39, 0.29) is 37.1 Å². The molecule has 2 heterocycles. The first-order valence-corrected chi connectivity index (χ1v) is 7.51. The average Bonchev–Trinajstić information content (AvgIpc) is 2.82. The Bertz CT molecular complexity index is 638. The molecular formula is C10H14N4O5S. The molecule has 110 valence electrons. The highest BCUT2D eigenvalue weighted by Gasteiger charge is 2.33. The van der Waals surface area contributed by atoms with E-state index in [0.29, 0.717) is 5.69 Å². The van der Waals surface area contributed by atoms with Gasteiger partial charge in [0.15, 0.2) is 0 Å². The number of hydrogen-bond donors (Lipinski definition) is 2. The molecule has 0 spiro atoms. The van der Waals surface area contributed by atoms with E-state index >= 15 is 0 Å². The molecule has 0 aliphatic carbocycles. The van der Waals surface area contributed by atoms with E-state index < -0.39 is 16.0 Å². The van der Waals surface area contributed by atoms with Gasteiger partial charge >= 0.3 is 5.97 Å². The average molecular weight is 302 g/mol. The zero-order valence-electron chi connectivity index (χ0n) is 10.5. The molecule has 0 radical (unpaired) electrons. The predicted octanol–water partition coefficient (Wildman–Crippen LogP) is -1.39. The van der Waals surface area contributed by atoms with Crippen molar-refractivity contribution < 1.29 is 23.1 Å². The van der Waals surface area contributed by atoms with E-state index in [2.05, 4.69) is 5.10 Å². The number of amides is 1. The van der Waals surface area contributed by atoms with Gasteiger partial charge in [0.05, 0.1) is 17.6 Å². The van der Waals surface area contributed by atoms with Crippen LogP contribution in [-0.4, -0.2) is 47.5 Å². The van der Waals surface area contributed by atoms with Gasteiger partial charge in [-0.2, -0.15) is 5.10 Å². The number of carbonyl (C=O) groups excluding carboxylic acids is 1. The van der Waals surface area contributed by atoms with Gasteiger partial charge < -0.3 is 10.0 Å². The quantitative estimate of drug-likeness (QED) is 0.687. The number of carboxylic acids is 1. The number of carboxylic acid groups (broad SMARTS) is 1. The van der Waals surface area contributed by atoms with Crippen molar-refractivity contribution in [1.82, 2.24) is 9.78 Å². The lowest BCUT2D eigenvalue weighted by atomic mass is 10.1. The summed E-state index contributed by atoms with van der Waals surface area (Å²) in [5, 5.41) is 17.4. The number of primary sulfonamides is 1. The lowest BCUT2D eigenvalue weighted by Gasteiger charge is -2.13. The zero-order chi connectivity index (χ0) is 14.9. The minimum absolute atomic E-state index is 0.0978. The van der Waals surface area contributed by atoms with E-state index in [1.54, 1.807) is 0 Å². The minimum atomic E-state index is -3.62. The molecule has 1 unspecified atom stereocenters. The van der Waals surface area contributed by atoms with Crippen LogP contribution < -0.4 is 10.0 Å². The lowest BCUT2D eigenvalue weighted by molar-refractivity contribution is -0.137. The number of carbonyl (C=O) groups is 2. The highest BCUT2D eigenvalue weighted by Crippen LogP contribution is 2.25. The van der Waals surface area contributed by atoms with Crippen LogP contribution in [0.15, 0.2) is 12.4 Å². The van der Waals surface area contributed by atoms with E-state index in [0.717, 1.165) is 0 Å². The van der Waals surface area contributed by atoms with E-state index in [4.69, 9.17) is 10.2 Å².